The van der Waals surface area contributed by atoms with Gasteiger partial charge in [0.05, 0.1) is 0 Å². The Hall–Kier alpha value is -0.860. The number of benzene rings is 1. The number of thiophene rings is 1. The minimum atomic E-state index is 0.261. The second-order valence-corrected chi connectivity index (χ2v) is 4.97. The van der Waals surface area contributed by atoms with Gasteiger partial charge in [-0.15, -0.1) is 11.3 Å². The molecule has 3 rings (SSSR count). The summed E-state index contributed by atoms with van der Waals surface area (Å²) in [4.78, 5) is 0. The van der Waals surface area contributed by atoms with Crippen molar-refractivity contribution in [3.05, 3.63) is 35.2 Å². The first-order valence-corrected chi connectivity index (χ1v) is 5.96. The molecule has 1 saturated carbocycles. The molecule has 0 unspecified atom stereocenters. The molecule has 0 amide bonds. The van der Waals surface area contributed by atoms with Crippen LogP contribution >= 0.6 is 11.3 Å². The van der Waals surface area contributed by atoms with Crippen LogP contribution in [0.4, 0.5) is 0 Å². The van der Waals surface area contributed by atoms with Crippen LogP contribution in [0, 0.1) is 5.92 Å². The first kappa shape index (κ1) is 8.45. The van der Waals surface area contributed by atoms with Gasteiger partial charge < -0.3 is 5.73 Å². The molecule has 1 heterocycles. The highest BCUT2D eigenvalue weighted by molar-refractivity contribution is 7.17. The van der Waals surface area contributed by atoms with Gasteiger partial charge in [-0.1, -0.05) is 18.2 Å². The standard InChI is InChI=1S/C12H13NS/c13-11(8-4-5-8)10-3-1-2-9-6-7-14-12(9)10/h1-3,6-8,11H,4-5,13H2/t11-/m1/s1. The summed E-state index contributed by atoms with van der Waals surface area (Å²) in [5.74, 6) is 0.739. The number of hydrogen-bond donors (Lipinski definition) is 1. The molecule has 14 heavy (non-hydrogen) atoms. The van der Waals surface area contributed by atoms with E-state index in [1.165, 1.54) is 28.5 Å². The van der Waals surface area contributed by atoms with Crippen LogP contribution in [0.1, 0.15) is 24.4 Å². The monoisotopic (exact) mass is 203 g/mol. The van der Waals surface area contributed by atoms with Crippen molar-refractivity contribution in [1.29, 1.82) is 0 Å². The van der Waals surface area contributed by atoms with Gasteiger partial charge in [0.25, 0.3) is 0 Å². The molecule has 1 fully saturated rings. The van der Waals surface area contributed by atoms with E-state index < -0.39 is 0 Å². The first-order chi connectivity index (χ1) is 6.86. The highest BCUT2D eigenvalue weighted by atomic mass is 32.1. The maximum Gasteiger partial charge on any atom is 0.0390 e. The largest absolute Gasteiger partial charge is 0.324 e. The molecule has 1 aliphatic carbocycles. The normalized spacial score (nSPS) is 18.6. The molecule has 0 radical (unpaired) electrons. The van der Waals surface area contributed by atoms with Crippen LogP contribution in [0.5, 0.6) is 0 Å². The van der Waals surface area contributed by atoms with Crippen molar-refractivity contribution in [2.24, 2.45) is 11.7 Å². The molecule has 1 aromatic heterocycles. The van der Waals surface area contributed by atoms with Gasteiger partial charge in [0.1, 0.15) is 0 Å². The number of rotatable bonds is 2. The van der Waals surface area contributed by atoms with Crippen LogP contribution in [0.2, 0.25) is 0 Å². The van der Waals surface area contributed by atoms with Gasteiger partial charge in [0, 0.05) is 10.7 Å². The van der Waals surface area contributed by atoms with E-state index in [0.717, 1.165) is 5.92 Å². The lowest BCUT2D eigenvalue weighted by Crippen LogP contribution is -2.12. The van der Waals surface area contributed by atoms with E-state index in [4.69, 9.17) is 5.73 Å². The van der Waals surface area contributed by atoms with Crippen LogP contribution in [0.25, 0.3) is 10.1 Å². The summed E-state index contributed by atoms with van der Waals surface area (Å²) in [6, 6.07) is 8.89. The SMILES string of the molecule is N[C@@H](c1cccc2ccsc12)C1CC1. The lowest BCUT2D eigenvalue weighted by molar-refractivity contribution is 0.639. The van der Waals surface area contributed by atoms with E-state index in [9.17, 15) is 0 Å². The zero-order chi connectivity index (χ0) is 9.54. The van der Waals surface area contributed by atoms with Crippen LogP contribution in [0.3, 0.4) is 0 Å². The van der Waals surface area contributed by atoms with Gasteiger partial charge in [-0.2, -0.15) is 0 Å². The predicted octanol–water partition coefficient (Wildman–Crippen LogP) is 3.31. The molecule has 2 heteroatoms. The third-order valence-electron chi connectivity index (χ3n) is 3.00. The highest BCUT2D eigenvalue weighted by Gasteiger charge is 2.30. The molecule has 2 aromatic rings. The maximum absolute atomic E-state index is 6.23. The molecule has 0 spiro atoms. The predicted molar refractivity (Wildman–Crippen MR) is 61.5 cm³/mol. The van der Waals surface area contributed by atoms with Crippen molar-refractivity contribution in [2.75, 3.05) is 0 Å². The Morgan fingerprint density at radius 3 is 2.93 bits per heavy atom. The Kier molecular flexibility index (Phi) is 1.85. The third kappa shape index (κ3) is 1.26. The summed E-state index contributed by atoms with van der Waals surface area (Å²) in [5, 5.41) is 3.48. The lowest BCUT2D eigenvalue weighted by Gasteiger charge is -2.11. The van der Waals surface area contributed by atoms with Gasteiger partial charge in [-0.25, -0.2) is 0 Å². The zero-order valence-corrected chi connectivity index (χ0v) is 8.76. The van der Waals surface area contributed by atoms with Crippen LogP contribution in [-0.4, -0.2) is 0 Å². The fourth-order valence-electron chi connectivity index (χ4n) is 1.99. The van der Waals surface area contributed by atoms with E-state index in [0.29, 0.717) is 0 Å². The van der Waals surface area contributed by atoms with Crippen LogP contribution < -0.4 is 5.73 Å². The Morgan fingerprint density at radius 2 is 2.14 bits per heavy atom. The summed E-state index contributed by atoms with van der Waals surface area (Å²) in [7, 11) is 0. The smallest absolute Gasteiger partial charge is 0.0390 e. The van der Waals surface area contributed by atoms with E-state index in [1.54, 1.807) is 0 Å². The number of nitrogens with two attached hydrogens (primary N) is 1. The number of hydrogen-bond acceptors (Lipinski definition) is 2. The van der Waals surface area contributed by atoms with Crippen molar-refractivity contribution in [2.45, 2.75) is 18.9 Å². The molecular weight excluding hydrogens is 190 g/mol. The molecule has 72 valence electrons. The van der Waals surface area contributed by atoms with Gasteiger partial charge in [-0.3, -0.25) is 0 Å². The van der Waals surface area contributed by atoms with Crippen molar-refractivity contribution in [3.8, 4) is 0 Å². The quantitative estimate of drug-likeness (QED) is 0.796. The molecule has 1 atom stereocenters. The Morgan fingerprint density at radius 1 is 1.29 bits per heavy atom. The lowest BCUT2D eigenvalue weighted by atomic mass is 10.0. The zero-order valence-electron chi connectivity index (χ0n) is 7.94. The molecule has 1 aliphatic rings. The molecule has 0 saturated heterocycles. The summed E-state index contributed by atoms with van der Waals surface area (Å²) in [6.07, 6.45) is 2.62. The molecule has 0 bridgehead atoms. The minimum absolute atomic E-state index is 0.261. The van der Waals surface area contributed by atoms with E-state index in [1.807, 2.05) is 11.3 Å². The summed E-state index contributed by atoms with van der Waals surface area (Å²) < 4.78 is 1.38. The molecule has 2 N–H and O–H groups in total. The van der Waals surface area contributed by atoms with Gasteiger partial charge in [0.15, 0.2) is 0 Å². The second-order valence-electron chi connectivity index (χ2n) is 4.05. The van der Waals surface area contributed by atoms with Gasteiger partial charge in [0.2, 0.25) is 0 Å². The van der Waals surface area contributed by atoms with Crippen molar-refractivity contribution >= 4 is 21.4 Å². The molecule has 1 aromatic carbocycles. The topological polar surface area (TPSA) is 26.0 Å². The molecule has 0 aliphatic heterocycles. The molecule has 1 nitrogen and oxygen atoms in total. The van der Waals surface area contributed by atoms with Crippen LogP contribution in [0.15, 0.2) is 29.6 Å². The van der Waals surface area contributed by atoms with E-state index >= 15 is 0 Å². The Labute approximate surface area is 87.5 Å². The summed E-state index contributed by atoms with van der Waals surface area (Å²) in [5.41, 5.74) is 7.58. The minimum Gasteiger partial charge on any atom is -0.324 e. The third-order valence-corrected chi connectivity index (χ3v) is 3.98. The summed E-state index contributed by atoms with van der Waals surface area (Å²) in [6.45, 7) is 0. The van der Waals surface area contributed by atoms with Crippen molar-refractivity contribution < 1.29 is 0 Å². The second kappa shape index (κ2) is 3.07. The Balaban J connectivity index is 2.14. The average Bonchev–Trinajstić information content (AvgIpc) is 2.94. The highest BCUT2D eigenvalue weighted by Crippen LogP contribution is 2.42. The maximum atomic E-state index is 6.23. The van der Waals surface area contributed by atoms with Crippen molar-refractivity contribution in [1.82, 2.24) is 0 Å². The average molecular weight is 203 g/mol. The fourth-order valence-corrected chi connectivity index (χ4v) is 2.95. The fraction of sp³-hybridized carbons (Fsp3) is 0.333. The molecular formula is C12H13NS. The van der Waals surface area contributed by atoms with E-state index in [-0.39, 0.29) is 6.04 Å². The Bertz CT molecular complexity index is 456. The van der Waals surface area contributed by atoms with Gasteiger partial charge >= 0.3 is 0 Å². The number of fused-ring (bicyclic) bond motifs is 1. The van der Waals surface area contributed by atoms with Crippen LogP contribution in [-0.2, 0) is 0 Å². The van der Waals surface area contributed by atoms with Crippen molar-refractivity contribution in [3.63, 3.8) is 0 Å². The first-order valence-electron chi connectivity index (χ1n) is 5.08. The summed E-state index contributed by atoms with van der Waals surface area (Å²) >= 11 is 1.81. The van der Waals surface area contributed by atoms with Gasteiger partial charge in [-0.05, 0) is 41.2 Å². The van der Waals surface area contributed by atoms with E-state index in [2.05, 4.69) is 29.6 Å².